The fourth-order valence-electron chi connectivity index (χ4n) is 7.96. The number of rotatable bonds is 16. The predicted octanol–water partition coefficient (Wildman–Crippen LogP) is 6.71. The van der Waals surface area contributed by atoms with Gasteiger partial charge in [0.15, 0.2) is 23.1 Å². The molecule has 3 aliphatic heterocycles. The van der Waals surface area contributed by atoms with Gasteiger partial charge < -0.3 is 24.4 Å². The zero-order valence-corrected chi connectivity index (χ0v) is 39.7. The lowest BCUT2D eigenvalue weighted by molar-refractivity contribution is -0.161. The smallest absolute Gasteiger partial charge is 0.413 e. The van der Waals surface area contributed by atoms with Crippen LogP contribution in [0.5, 0.6) is 0 Å². The van der Waals surface area contributed by atoms with E-state index in [1.54, 1.807) is 27.7 Å². The molecule has 5 amide bonds. The first kappa shape index (κ1) is 48.2. The van der Waals surface area contributed by atoms with Crippen LogP contribution >= 0.6 is 23.3 Å². The van der Waals surface area contributed by atoms with Gasteiger partial charge in [0, 0.05) is 18.3 Å². The first-order valence-corrected chi connectivity index (χ1v) is 23.8. The van der Waals surface area contributed by atoms with Crippen LogP contribution in [0.4, 0.5) is 14.7 Å². The zero-order valence-electron chi connectivity index (χ0n) is 38.1. The number of anilines is 1. The molecule has 0 spiro atoms. The number of thiazole rings is 1. The molecule has 4 heterocycles. The number of carbonyl (C=O) groups is 6. The van der Waals surface area contributed by atoms with Gasteiger partial charge in [0.05, 0.1) is 12.6 Å². The summed E-state index contributed by atoms with van der Waals surface area (Å²) in [6.07, 6.45) is -3.83. The van der Waals surface area contributed by atoms with Gasteiger partial charge in [-0.1, -0.05) is 133 Å². The third kappa shape index (κ3) is 10.6. The highest BCUT2D eigenvalue weighted by molar-refractivity contribution is 8.00. The predicted molar refractivity (Wildman–Crippen MR) is 256 cm³/mol. The van der Waals surface area contributed by atoms with Crippen molar-refractivity contribution < 1.29 is 47.8 Å². The second kappa shape index (κ2) is 20.5. The zero-order chi connectivity index (χ0) is 48.9. The molecule has 0 bridgehead atoms. The molecule has 1 aromatic heterocycles. The number of benzene rings is 4. The molecule has 3 saturated heterocycles. The van der Waals surface area contributed by atoms with Gasteiger partial charge in [0.25, 0.3) is 11.8 Å². The summed E-state index contributed by atoms with van der Waals surface area (Å²) in [7, 11) is 0. The normalized spacial score (nSPS) is 19.5. The lowest BCUT2D eigenvalue weighted by atomic mass is 9.91. The summed E-state index contributed by atoms with van der Waals surface area (Å²) >= 11 is 1.80. The van der Waals surface area contributed by atoms with Gasteiger partial charge in [-0.15, -0.1) is 11.3 Å². The van der Waals surface area contributed by atoms with Crippen molar-refractivity contribution in [2.45, 2.75) is 81.4 Å². The van der Waals surface area contributed by atoms with Crippen molar-refractivity contribution in [2.75, 3.05) is 18.4 Å². The number of amides is 5. The number of fused-ring (bicyclic) bond motifs is 1. The lowest BCUT2D eigenvalue weighted by Crippen LogP contribution is -2.67. The molecule has 0 radical (unpaired) electrons. The fourth-order valence-corrected chi connectivity index (χ4v) is 10.1. The second-order valence-corrected chi connectivity index (χ2v) is 19.4. The van der Waals surface area contributed by atoms with Crippen molar-refractivity contribution in [3.05, 3.63) is 155 Å². The SMILES string of the molecule is CC[C@H](O/N=C(\C(=O)N[C@H]1C(=O)N2S[C@](C(=O)OC(c3ccccc3)c3ccccc3)(N3CCN(N)C3=O)C[C@H]12)c1csc(NC(=O)OC(C)(C)C)n1)C(=O)OC(c1ccccc1)c1ccccc1. The van der Waals surface area contributed by atoms with E-state index in [1.807, 2.05) is 121 Å². The van der Waals surface area contributed by atoms with Crippen LogP contribution in [0.15, 0.2) is 132 Å². The highest BCUT2D eigenvalue weighted by atomic mass is 32.2. The molecule has 358 valence electrons. The van der Waals surface area contributed by atoms with Crippen molar-refractivity contribution in [3.8, 4) is 0 Å². The number of carbonyl (C=O) groups excluding carboxylic acids is 6. The summed E-state index contributed by atoms with van der Waals surface area (Å²) in [5.41, 5.74) is 1.46. The van der Waals surface area contributed by atoms with E-state index in [9.17, 15) is 28.8 Å². The molecule has 4 aromatic carbocycles. The minimum Gasteiger partial charge on any atom is -0.450 e. The summed E-state index contributed by atoms with van der Waals surface area (Å²) in [4.78, 5) is 93.2. The Morgan fingerprint density at radius 2 is 1.36 bits per heavy atom. The van der Waals surface area contributed by atoms with E-state index in [4.69, 9.17) is 24.9 Å². The van der Waals surface area contributed by atoms with Gasteiger partial charge >= 0.3 is 24.1 Å². The molecule has 8 rings (SSSR count). The Hall–Kier alpha value is -7.29. The monoisotopic (exact) mass is 974 g/mol. The second-order valence-electron chi connectivity index (χ2n) is 17.2. The molecular weight excluding hydrogens is 925 g/mol. The summed E-state index contributed by atoms with van der Waals surface area (Å²) < 4.78 is 19.1. The number of ether oxygens (including phenoxy) is 3. The third-order valence-corrected chi connectivity index (χ3v) is 13.6. The van der Waals surface area contributed by atoms with Crippen molar-refractivity contribution in [1.82, 2.24) is 24.5 Å². The van der Waals surface area contributed by atoms with Crippen LogP contribution in [0.2, 0.25) is 0 Å². The van der Waals surface area contributed by atoms with Crippen molar-refractivity contribution in [1.29, 1.82) is 0 Å². The van der Waals surface area contributed by atoms with Crippen LogP contribution in [0.1, 0.15) is 80.7 Å². The van der Waals surface area contributed by atoms with Crippen LogP contribution in [-0.2, 0) is 38.2 Å². The first-order valence-electron chi connectivity index (χ1n) is 22.1. The maximum absolute atomic E-state index is 14.8. The Morgan fingerprint density at radius 1 is 0.826 bits per heavy atom. The van der Waals surface area contributed by atoms with Crippen LogP contribution < -0.4 is 16.5 Å². The topological polar surface area (TPSA) is 224 Å². The number of esters is 2. The summed E-state index contributed by atoms with van der Waals surface area (Å²) in [6.45, 7) is 6.94. The number of aromatic nitrogens is 1. The number of hydrogen-bond donors (Lipinski definition) is 3. The largest absolute Gasteiger partial charge is 0.450 e. The fraction of sp³-hybridized carbons (Fsp3) is 0.306. The number of nitrogens with zero attached hydrogens (tertiary/aromatic N) is 5. The number of oxime groups is 1. The maximum atomic E-state index is 14.8. The van der Waals surface area contributed by atoms with E-state index in [1.165, 1.54) is 14.6 Å². The molecule has 3 aliphatic rings. The summed E-state index contributed by atoms with van der Waals surface area (Å²) in [5.74, 6) is 2.98. The third-order valence-electron chi connectivity index (χ3n) is 11.3. The van der Waals surface area contributed by atoms with Crippen LogP contribution in [0.25, 0.3) is 0 Å². The molecule has 0 saturated carbocycles. The molecule has 20 heteroatoms. The van der Waals surface area contributed by atoms with E-state index >= 15 is 0 Å². The van der Waals surface area contributed by atoms with E-state index in [0.29, 0.717) is 22.3 Å². The van der Waals surface area contributed by atoms with Crippen molar-refractivity contribution in [2.24, 2.45) is 11.0 Å². The quantitative estimate of drug-likeness (QED) is 0.0137. The molecule has 4 atom stereocenters. The lowest BCUT2D eigenvalue weighted by Gasteiger charge is -2.40. The number of β-lactam (4-membered cyclic amide) rings is 1. The Bertz CT molecular complexity index is 2630. The van der Waals surface area contributed by atoms with Gasteiger partial charge in [-0.25, -0.2) is 30.0 Å². The van der Waals surface area contributed by atoms with Gasteiger partial charge in [0.2, 0.25) is 11.0 Å². The van der Waals surface area contributed by atoms with Crippen molar-refractivity contribution >= 4 is 70.0 Å². The van der Waals surface area contributed by atoms with E-state index in [0.717, 1.165) is 28.3 Å². The Morgan fingerprint density at radius 3 is 1.86 bits per heavy atom. The van der Waals surface area contributed by atoms with Gasteiger partial charge in [-0.3, -0.25) is 29.1 Å². The van der Waals surface area contributed by atoms with Gasteiger partial charge in [-0.05, 0) is 61.4 Å². The minimum absolute atomic E-state index is 0.0506. The minimum atomic E-state index is -1.77. The number of hydrazine groups is 1. The number of urea groups is 1. The van der Waals surface area contributed by atoms with Gasteiger partial charge in [0.1, 0.15) is 17.3 Å². The van der Waals surface area contributed by atoms with Gasteiger partial charge in [-0.2, -0.15) is 0 Å². The molecule has 5 aromatic rings. The molecule has 0 unspecified atom stereocenters. The highest BCUT2D eigenvalue weighted by Gasteiger charge is 2.67. The summed E-state index contributed by atoms with van der Waals surface area (Å²) in [6, 6.07) is 33.9. The number of nitrogens with two attached hydrogens (primary N) is 1. The Kier molecular flexibility index (Phi) is 14.3. The average molecular weight is 975 g/mol. The van der Waals surface area contributed by atoms with Crippen molar-refractivity contribution in [3.63, 3.8) is 0 Å². The Labute approximate surface area is 406 Å². The number of nitrogens with one attached hydrogen (secondary N) is 2. The molecule has 18 nitrogen and oxygen atoms in total. The van der Waals surface area contributed by atoms with Crippen LogP contribution in [-0.4, -0.2) is 103 Å². The standard InChI is InChI=1S/C49H50N8O10S2/c1-5-36(43(60)64-39(30-18-10-6-11-19-30)31-20-12-7-13-21-31)67-54-37(34-29-68-45(51-34)53-46(62)66-48(2,3)4)41(58)52-38-35-28-49(69-57(35)42(38)59,55-26-27-56(50)47(55)63)44(61)65-40(32-22-14-8-15-23-32)33-24-16-9-17-25-33/h6-25,29,35-36,38-40H,5,26-28,50H2,1-4H3,(H,52,58)(H,51,53,62)/b54-37-/t35-,36+,38-,49-/m1/s1. The van der Waals surface area contributed by atoms with Crippen LogP contribution in [0, 0.1) is 0 Å². The highest BCUT2D eigenvalue weighted by Crippen LogP contribution is 2.53. The van der Waals surface area contributed by atoms with E-state index in [-0.39, 0.29) is 36.8 Å². The molecular formula is C49H50N8O10S2. The number of hydrogen-bond acceptors (Lipinski definition) is 15. The van der Waals surface area contributed by atoms with E-state index < -0.39 is 82.5 Å². The first-order chi connectivity index (χ1) is 33.2. The molecule has 3 fully saturated rings. The molecule has 4 N–H and O–H groups in total. The molecule has 0 aliphatic carbocycles. The summed E-state index contributed by atoms with van der Waals surface area (Å²) in [5, 5.41) is 11.9. The maximum Gasteiger partial charge on any atom is 0.413 e. The Balaban J connectivity index is 1.06. The van der Waals surface area contributed by atoms with E-state index in [2.05, 4.69) is 20.8 Å². The molecule has 69 heavy (non-hydrogen) atoms. The van der Waals surface area contributed by atoms with Crippen LogP contribution in [0.3, 0.4) is 0 Å². The average Bonchev–Trinajstić information content (AvgIpc) is 4.06.